The van der Waals surface area contributed by atoms with Gasteiger partial charge in [0.15, 0.2) is 0 Å². The first-order valence-corrected chi connectivity index (χ1v) is 8.79. The number of amides is 1. The van der Waals surface area contributed by atoms with Crippen molar-refractivity contribution in [3.05, 3.63) is 29.8 Å². The van der Waals surface area contributed by atoms with Crippen LogP contribution in [0.1, 0.15) is 44.6 Å². The van der Waals surface area contributed by atoms with E-state index in [0.717, 1.165) is 35.1 Å². The van der Waals surface area contributed by atoms with E-state index < -0.39 is 0 Å². The maximum Gasteiger partial charge on any atom is 0.417 e. The summed E-state index contributed by atoms with van der Waals surface area (Å²) in [5, 5.41) is 1.04. The SMILES string of the molecule is CCOc1ccc2cc3c(nc2c1)OC(=O)N(C1CCCCC1)C3. The smallest absolute Gasteiger partial charge is 0.417 e. The van der Waals surface area contributed by atoms with Gasteiger partial charge in [-0.25, -0.2) is 9.78 Å². The molecule has 1 saturated carbocycles. The minimum absolute atomic E-state index is 0.262. The summed E-state index contributed by atoms with van der Waals surface area (Å²) in [6.07, 6.45) is 5.54. The van der Waals surface area contributed by atoms with E-state index in [1.54, 1.807) is 0 Å². The van der Waals surface area contributed by atoms with E-state index in [1.165, 1.54) is 19.3 Å². The van der Waals surface area contributed by atoms with Gasteiger partial charge < -0.3 is 14.4 Å². The molecule has 1 aliphatic carbocycles. The van der Waals surface area contributed by atoms with Crippen molar-refractivity contribution in [1.82, 2.24) is 9.88 Å². The van der Waals surface area contributed by atoms with Crippen LogP contribution in [0.3, 0.4) is 0 Å². The number of rotatable bonds is 3. The Morgan fingerprint density at radius 2 is 2.08 bits per heavy atom. The Bertz CT molecular complexity index is 769. The van der Waals surface area contributed by atoms with Gasteiger partial charge in [-0.15, -0.1) is 0 Å². The predicted octanol–water partition coefficient (Wildman–Crippen LogP) is 4.28. The molecule has 1 aromatic heterocycles. The molecule has 0 atom stereocenters. The van der Waals surface area contributed by atoms with Gasteiger partial charge >= 0.3 is 6.09 Å². The zero-order valence-corrected chi connectivity index (χ0v) is 14.0. The first-order valence-electron chi connectivity index (χ1n) is 8.79. The second kappa shape index (κ2) is 6.30. The van der Waals surface area contributed by atoms with Gasteiger partial charge in [-0.2, -0.15) is 0 Å². The number of nitrogens with zero attached hydrogens (tertiary/aromatic N) is 2. The van der Waals surface area contributed by atoms with Crippen LogP contribution in [0.15, 0.2) is 24.3 Å². The van der Waals surface area contributed by atoms with Crippen LogP contribution in [0.5, 0.6) is 11.6 Å². The summed E-state index contributed by atoms with van der Waals surface area (Å²) in [5.41, 5.74) is 1.77. The lowest BCUT2D eigenvalue weighted by Gasteiger charge is -2.36. The quantitative estimate of drug-likeness (QED) is 0.845. The Morgan fingerprint density at radius 3 is 2.88 bits per heavy atom. The number of carbonyl (C=O) groups excluding carboxylic acids is 1. The molecule has 126 valence electrons. The third kappa shape index (κ3) is 2.79. The number of benzene rings is 1. The zero-order valence-electron chi connectivity index (χ0n) is 14.0. The van der Waals surface area contributed by atoms with Crippen molar-refractivity contribution in [2.45, 2.75) is 51.6 Å². The first-order chi connectivity index (χ1) is 11.7. The minimum atomic E-state index is -0.262. The highest BCUT2D eigenvalue weighted by atomic mass is 16.6. The van der Waals surface area contributed by atoms with Crippen LogP contribution >= 0.6 is 0 Å². The van der Waals surface area contributed by atoms with Gasteiger partial charge in [-0.3, -0.25) is 0 Å². The van der Waals surface area contributed by atoms with Gasteiger partial charge in [0, 0.05) is 23.1 Å². The third-order valence-electron chi connectivity index (χ3n) is 4.91. The molecule has 1 aromatic carbocycles. The second-order valence-electron chi connectivity index (χ2n) is 6.53. The second-order valence-corrected chi connectivity index (χ2v) is 6.53. The highest BCUT2D eigenvalue weighted by molar-refractivity contribution is 5.83. The van der Waals surface area contributed by atoms with Crippen LogP contribution in [-0.2, 0) is 6.54 Å². The molecule has 5 heteroatoms. The van der Waals surface area contributed by atoms with Gasteiger partial charge in [0.25, 0.3) is 0 Å². The van der Waals surface area contributed by atoms with E-state index in [9.17, 15) is 4.79 Å². The van der Waals surface area contributed by atoms with Crippen molar-refractivity contribution in [1.29, 1.82) is 0 Å². The van der Waals surface area contributed by atoms with E-state index >= 15 is 0 Å². The number of carbonyl (C=O) groups is 1. The summed E-state index contributed by atoms with van der Waals surface area (Å²) in [6, 6.07) is 8.23. The Kier molecular flexibility index (Phi) is 4.00. The summed E-state index contributed by atoms with van der Waals surface area (Å²) in [7, 11) is 0. The number of pyridine rings is 1. The molecular weight excluding hydrogens is 304 g/mol. The molecule has 4 rings (SSSR count). The van der Waals surface area contributed by atoms with Gasteiger partial charge in [0.05, 0.1) is 18.7 Å². The Labute approximate surface area is 141 Å². The van der Waals surface area contributed by atoms with E-state index in [1.807, 2.05) is 30.0 Å². The summed E-state index contributed by atoms with van der Waals surface area (Å²) in [5.74, 6) is 1.22. The van der Waals surface area contributed by atoms with Crippen molar-refractivity contribution in [2.24, 2.45) is 0 Å². The number of hydrogen-bond donors (Lipinski definition) is 0. The Morgan fingerprint density at radius 1 is 1.25 bits per heavy atom. The van der Waals surface area contributed by atoms with Crippen molar-refractivity contribution >= 4 is 17.0 Å². The lowest BCUT2D eigenvalue weighted by Crippen LogP contribution is -2.45. The van der Waals surface area contributed by atoms with Gasteiger partial charge in [-0.1, -0.05) is 19.3 Å². The van der Waals surface area contributed by atoms with E-state index in [4.69, 9.17) is 9.47 Å². The van der Waals surface area contributed by atoms with Crippen molar-refractivity contribution in [3.8, 4) is 11.6 Å². The topological polar surface area (TPSA) is 51.7 Å². The molecule has 1 aliphatic heterocycles. The fourth-order valence-corrected chi connectivity index (χ4v) is 3.69. The molecule has 24 heavy (non-hydrogen) atoms. The molecule has 0 unspecified atom stereocenters. The monoisotopic (exact) mass is 326 g/mol. The summed E-state index contributed by atoms with van der Waals surface area (Å²) in [6.45, 7) is 3.16. The highest BCUT2D eigenvalue weighted by Gasteiger charge is 2.32. The maximum absolute atomic E-state index is 12.4. The molecule has 1 fully saturated rings. The van der Waals surface area contributed by atoms with E-state index in [-0.39, 0.29) is 6.09 Å². The van der Waals surface area contributed by atoms with Crippen molar-refractivity contribution < 1.29 is 14.3 Å². The van der Waals surface area contributed by atoms with Crippen LogP contribution in [-0.4, -0.2) is 28.6 Å². The molecule has 1 amide bonds. The van der Waals surface area contributed by atoms with Crippen LogP contribution in [0.2, 0.25) is 0 Å². The van der Waals surface area contributed by atoms with Crippen LogP contribution in [0.25, 0.3) is 10.9 Å². The molecule has 5 nitrogen and oxygen atoms in total. The summed E-state index contributed by atoms with van der Waals surface area (Å²) >= 11 is 0. The van der Waals surface area contributed by atoms with Crippen LogP contribution in [0.4, 0.5) is 4.79 Å². The highest BCUT2D eigenvalue weighted by Crippen LogP contribution is 2.33. The fourth-order valence-electron chi connectivity index (χ4n) is 3.69. The molecule has 2 aliphatic rings. The zero-order chi connectivity index (χ0) is 16.5. The average molecular weight is 326 g/mol. The van der Waals surface area contributed by atoms with E-state index in [0.29, 0.717) is 25.1 Å². The van der Waals surface area contributed by atoms with Gasteiger partial charge in [0.2, 0.25) is 5.88 Å². The number of fused-ring (bicyclic) bond motifs is 2. The standard InChI is InChI=1S/C19H22N2O3/c1-2-23-16-9-8-13-10-14-12-21(15-6-4-3-5-7-15)19(22)24-18(14)20-17(13)11-16/h8-11,15H,2-7,12H2,1H3. The third-order valence-corrected chi connectivity index (χ3v) is 4.91. The molecule has 2 heterocycles. The first kappa shape index (κ1) is 15.2. The molecule has 0 bridgehead atoms. The van der Waals surface area contributed by atoms with Gasteiger partial charge in [0.1, 0.15) is 5.75 Å². The summed E-state index contributed by atoms with van der Waals surface area (Å²) < 4.78 is 11.1. The molecule has 0 N–H and O–H groups in total. The van der Waals surface area contributed by atoms with Crippen LogP contribution in [0, 0.1) is 0 Å². The predicted molar refractivity (Wildman–Crippen MR) is 91.4 cm³/mol. The van der Waals surface area contributed by atoms with Crippen LogP contribution < -0.4 is 9.47 Å². The largest absolute Gasteiger partial charge is 0.494 e. The maximum atomic E-state index is 12.4. The fraction of sp³-hybridized carbons (Fsp3) is 0.474. The molecule has 0 saturated heterocycles. The normalized spacial score (nSPS) is 18.4. The van der Waals surface area contributed by atoms with Crippen molar-refractivity contribution in [2.75, 3.05) is 6.61 Å². The molecular formula is C19H22N2O3. The summed E-state index contributed by atoms with van der Waals surface area (Å²) in [4.78, 5) is 18.8. The molecule has 0 spiro atoms. The number of ether oxygens (including phenoxy) is 2. The van der Waals surface area contributed by atoms with Gasteiger partial charge in [-0.05, 0) is 38.0 Å². The lowest BCUT2D eigenvalue weighted by atomic mass is 9.94. The Hall–Kier alpha value is -2.30. The average Bonchev–Trinajstić information content (AvgIpc) is 2.60. The molecule has 0 radical (unpaired) electrons. The Balaban J connectivity index is 1.65. The van der Waals surface area contributed by atoms with E-state index in [2.05, 4.69) is 11.1 Å². The minimum Gasteiger partial charge on any atom is -0.494 e. The van der Waals surface area contributed by atoms with Crippen molar-refractivity contribution in [3.63, 3.8) is 0 Å². The lowest BCUT2D eigenvalue weighted by molar-refractivity contribution is 0.0999. The number of hydrogen-bond acceptors (Lipinski definition) is 4. The molecule has 2 aromatic rings. The number of aromatic nitrogens is 1.